The van der Waals surface area contributed by atoms with E-state index >= 15 is 0 Å². The van der Waals surface area contributed by atoms with Gasteiger partial charge in [-0.15, -0.1) is 0 Å². The van der Waals surface area contributed by atoms with Crippen molar-refractivity contribution in [2.45, 2.75) is 119 Å². The third kappa shape index (κ3) is 4.70. The van der Waals surface area contributed by atoms with Crippen LogP contribution in [-0.2, 0) is 21.7 Å². The predicted octanol–water partition coefficient (Wildman–Crippen LogP) is 8.57. The molecule has 2 heteroatoms. The van der Waals surface area contributed by atoms with Crippen LogP contribution in [0.1, 0.15) is 116 Å². The van der Waals surface area contributed by atoms with E-state index < -0.39 is 0 Å². The molecule has 0 atom stereocenters. The van der Waals surface area contributed by atoms with Gasteiger partial charge in [0.15, 0.2) is 0 Å². The first-order valence-corrected chi connectivity index (χ1v) is 11.9. The zero-order chi connectivity index (χ0) is 25.2. The lowest BCUT2D eigenvalue weighted by atomic mass is 9.72. The fraction of sp³-hybridized carbons (Fsp3) is 0.600. The number of phenols is 2. The zero-order valence-corrected chi connectivity index (χ0v) is 23.0. The smallest absolute Gasteiger partial charge is 0.127 e. The average Bonchev–Trinajstić information content (AvgIpc) is 2.52. The molecule has 2 aromatic rings. The highest BCUT2D eigenvalue weighted by atomic mass is 16.3. The second kappa shape index (κ2) is 7.82. The summed E-state index contributed by atoms with van der Waals surface area (Å²) < 4.78 is 0. The molecule has 0 spiro atoms. The highest BCUT2D eigenvalue weighted by Gasteiger charge is 2.33. The van der Waals surface area contributed by atoms with Crippen molar-refractivity contribution in [3.05, 3.63) is 45.5 Å². The van der Waals surface area contributed by atoms with Crippen LogP contribution in [-0.4, -0.2) is 10.2 Å². The number of hydrogen-bond acceptors (Lipinski definition) is 2. The van der Waals surface area contributed by atoms with Gasteiger partial charge in [-0.2, -0.15) is 0 Å². The molecule has 32 heavy (non-hydrogen) atoms. The van der Waals surface area contributed by atoms with Crippen molar-refractivity contribution >= 4 is 0 Å². The molecule has 0 saturated carbocycles. The van der Waals surface area contributed by atoms with Gasteiger partial charge in [-0.1, -0.05) is 95.2 Å². The van der Waals surface area contributed by atoms with Crippen LogP contribution in [0.25, 0.3) is 11.1 Å². The van der Waals surface area contributed by atoms with Gasteiger partial charge in [0.05, 0.1) is 0 Å². The molecule has 0 fully saturated rings. The molecule has 0 bridgehead atoms. The Labute approximate surface area is 197 Å². The molecule has 0 radical (unpaired) electrons. The van der Waals surface area contributed by atoms with E-state index in [9.17, 15) is 10.2 Å². The van der Waals surface area contributed by atoms with E-state index in [0.717, 1.165) is 33.4 Å². The predicted molar refractivity (Wildman–Crippen MR) is 139 cm³/mol. The van der Waals surface area contributed by atoms with E-state index in [1.54, 1.807) is 0 Å². The normalized spacial score (nSPS) is 13.6. The molecular weight excluding hydrogens is 392 g/mol. The Kier molecular flexibility index (Phi) is 6.42. The van der Waals surface area contributed by atoms with Crippen molar-refractivity contribution < 1.29 is 10.2 Å². The fourth-order valence-corrected chi connectivity index (χ4v) is 4.85. The number of aromatic hydroxyl groups is 2. The maximum atomic E-state index is 11.7. The van der Waals surface area contributed by atoms with Crippen molar-refractivity contribution in [3.8, 4) is 22.6 Å². The average molecular weight is 439 g/mol. The molecule has 0 aliphatic heterocycles. The van der Waals surface area contributed by atoms with E-state index in [1.807, 2.05) is 0 Å². The van der Waals surface area contributed by atoms with E-state index in [-0.39, 0.29) is 33.2 Å². The van der Waals surface area contributed by atoms with Crippen molar-refractivity contribution in [1.29, 1.82) is 0 Å². The lowest BCUT2D eigenvalue weighted by Gasteiger charge is -2.33. The monoisotopic (exact) mass is 438 g/mol. The first kappa shape index (κ1) is 26.3. The molecule has 0 heterocycles. The topological polar surface area (TPSA) is 40.5 Å². The summed E-state index contributed by atoms with van der Waals surface area (Å²) >= 11 is 0. The summed E-state index contributed by atoms with van der Waals surface area (Å²) in [4.78, 5) is 0. The first-order chi connectivity index (χ1) is 14.1. The largest absolute Gasteiger partial charge is 0.507 e. The van der Waals surface area contributed by atoms with Crippen molar-refractivity contribution in [2.75, 3.05) is 0 Å². The molecule has 178 valence electrons. The molecule has 2 aromatic carbocycles. The Bertz CT molecular complexity index is 865. The highest BCUT2D eigenvalue weighted by Crippen LogP contribution is 2.51. The number of hydrogen-bond donors (Lipinski definition) is 2. The third-order valence-electron chi connectivity index (χ3n) is 6.60. The first-order valence-electron chi connectivity index (χ1n) is 11.9. The van der Waals surface area contributed by atoms with Gasteiger partial charge < -0.3 is 10.2 Å². The highest BCUT2D eigenvalue weighted by molar-refractivity contribution is 5.85. The van der Waals surface area contributed by atoms with Gasteiger partial charge in [0.1, 0.15) is 11.5 Å². The quantitative estimate of drug-likeness (QED) is 0.468. The van der Waals surface area contributed by atoms with Gasteiger partial charge in [-0.3, -0.25) is 0 Å². The van der Waals surface area contributed by atoms with Crippen LogP contribution in [0.2, 0.25) is 0 Å². The Morgan fingerprint density at radius 2 is 0.656 bits per heavy atom. The van der Waals surface area contributed by atoms with Gasteiger partial charge in [-0.25, -0.2) is 0 Å². The lowest BCUT2D eigenvalue weighted by molar-refractivity contribution is 0.437. The van der Waals surface area contributed by atoms with Crippen LogP contribution in [0.15, 0.2) is 12.1 Å². The van der Waals surface area contributed by atoms with Crippen LogP contribution >= 0.6 is 0 Å². The third-order valence-corrected chi connectivity index (χ3v) is 6.60. The summed E-state index contributed by atoms with van der Waals surface area (Å²) in [5.74, 6) is 0.569. The summed E-state index contributed by atoms with van der Waals surface area (Å²) in [7, 11) is 0. The molecule has 0 aromatic heterocycles. The van der Waals surface area contributed by atoms with Gasteiger partial charge in [-0.05, 0) is 57.8 Å². The van der Waals surface area contributed by atoms with Crippen molar-refractivity contribution in [3.63, 3.8) is 0 Å². The number of benzene rings is 2. The summed E-state index contributed by atoms with van der Waals surface area (Å²) in [6.45, 7) is 30.2. The van der Waals surface area contributed by atoms with Gasteiger partial charge in [0.2, 0.25) is 0 Å². The zero-order valence-electron chi connectivity index (χ0n) is 23.0. The molecule has 0 aliphatic carbocycles. The van der Waals surface area contributed by atoms with E-state index in [0.29, 0.717) is 0 Å². The minimum Gasteiger partial charge on any atom is -0.507 e. The van der Waals surface area contributed by atoms with E-state index in [4.69, 9.17) is 0 Å². The molecule has 0 unspecified atom stereocenters. The van der Waals surface area contributed by atoms with Gasteiger partial charge in [0.25, 0.3) is 0 Å². The fourth-order valence-electron chi connectivity index (χ4n) is 4.85. The summed E-state index contributed by atoms with van der Waals surface area (Å²) in [5, 5.41) is 23.3. The molecule has 0 aliphatic rings. The van der Waals surface area contributed by atoms with Crippen molar-refractivity contribution in [1.82, 2.24) is 0 Å². The van der Waals surface area contributed by atoms with Crippen LogP contribution in [0.5, 0.6) is 11.5 Å². The summed E-state index contributed by atoms with van der Waals surface area (Å²) in [6.07, 6.45) is 0. The second-order valence-electron chi connectivity index (χ2n) is 13.6. The maximum absolute atomic E-state index is 11.7. The summed E-state index contributed by atoms with van der Waals surface area (Å²) in [6, 6.07) is 4.33. The molecule has 0 amide bonds. The van der Waals surface area contributed by atoms with Gasteiger partial charge in [0, 0.05) is 22.3 Å². The molecule has 2 rings (SSSR count). The van der Waals surface area contributed by atoms with Crippen LogP contribution in [0.3, 0.4) is 0 Å². The van der Waals surface area contributed by atoms with Gasteiger partial charge >= 0.3 is 0 Å². The Morgan fingerprint density at radius 1 is 0.438 bits per heavy atom. The number of rotatable bonds is 1. The SMILES string of the molecule is Cc1c(C(C)(C)C)cc(C(C)(C)C)c(O)c1-c1c(C)c(C(C)(C)C)cc(C(C)(C)C)c1O. The van der Waals surface area contributed by atoms with Crippen LogP contribution in [0.4, 0.5) is 0 Å². The minimum absolute atomic E-state index is 0.0927. The Balaban J connectivity index is 3.23. The maximum Gasteiger partial charge on any atom is 0.127 e. The van der Waals surface area contributed by atoms with Crippen molar-refractivity contribution in [2.24, 2.45) is 0 Å². The standard InChI is InChI=1S/C30H46O2/c1-17-19(27(3,4)5)15-21(29(9,10)11)25(31)23(17)24-18(2)20(28(6,7)8)16-22(26(24)32)30(12,13)14/h15-16,31-32H,1-14H3. The minimum atomic E-state index is -0.232. The molecule has 2 nitrogen and oxygen atoms in total. The van der Waals surface area contributed by atoms with Crippen LogP contribution in [0, 0.1) is 13.8 Å². The Hall–Kier alpha value is -1.96. The summed E-state index contributed by atoms with van der Waals surface area (Å²) in [5.41, 5.74) is 7.20. The lowest BCUT2D eigenvalue weighted by Crippen LogP contribution is -2.21. The molecule has 0 saturated heterocycles. The molecule has 2 N–H and O–H groups in total. The van der Waals surface area contributed by atoms with E-state index in [2.05, 4.69) is 109 Å². The number of phenolic OH excluding ortho intramolecular Hbond substituents is 2. The van der Waals surface area contributed by atoms with Crippen LogP contribution < -0.4 is 0 Å². The van der Waals surface area contributed by atoms with E-state index in [1.165, 1.54) is 11.1 Å². The second-order valence-corrected chi connectivity index (χ2v) is 13.6. The molecular formula is C30H46O2. The Morgan fingerprint density at radius 3 is 0.844 bits per heavy atom.